The zero-order valence-electron chi connectivity index (χ0n) is 21.3. The molecule has 4 unspecified atom stereocenters. The maximum absolute atomic E-state index is 14.2. The van der Waals surface area contributed by atoms with Crippen LogP contribution in [0.1, 0.15) is 52.4 Å². The zero-order chi connectivity index (χ0) is 27.8. The van der Waals surface area contributed by atoms with Crippen molar-refractivity contribution in [1.82, 2.24) is 5.32 Å². The lowest BCUT2D eigenvalue weighted by molar-refractivity contribution is -0.150. The third-order valence-corrected chi connectivity index (χ3v) is 8.57. The van der Waals surface area contributed by atoms with Gasteiger partial charge in [0.25, 0.3) is 0 Å². The number of thiocarbonyl (C=S) groups is 1. The number of benzene rings is 1. The van der Waals surface area contributed by atoms with Gasteiger partial charge in [-0.15, -0.1) is 6.58 Å². The van der Waals surface area contributed by atoms with Gasteiger partial charge in [0, 0.05) is 43.1 Å². The van der Waals surface area contributed by atoms with Crippen LogP contribution in [0, 0.1) is 52.3 Å². The number of hydrogen-bond donors (Lipinski definition) is 1. The van der Waals surface area contributed by atoms with Gasteiger partial charge in [-0.3, -0.25) is 4.79 Å². The van der Waals surface area contributed by atoms with Gasteiger partial charge < -0.3 is 19.5 Å². The molecule has 1 N–H and O–H groups in total. The molecule has 3 aliphatic rings. The van der Waals surface area contributed by atoms with Crippen LogP contribution in [0.25, 0.3) is 0 Å². The Morgan fingerprint density at radius 2 is 1.76 bits per heavy atom. The average molecular weight is 562 g/mol. The molecule has 0 bridgehead atoms. The van der Waals surface area contributed by atoms with E-state index in [0.717, 1.165) is 6.54 Å². The lowest BCUT2D eigenvalue weighted by Gasteiger charge is -2.56. The summed E-state index contributed by atoms with van der Waals surface area (Å²) in [5.41, 5.74) is -0.437. The third kappa shape index (κ3) is 5.47. The van der Waals surface area contributed by atoms with Gasteiger partial charge in [0.2, 0.25) is 34.8 Å². The van der Waals surface area contributed by atoms with Crippen LogP contribution in [0.3, 0.4) is 0 Å². The minimum absolute atomic E-state index is 0.0154. The summed E-state index contributed by atoms with van der Waals surface area (Å²) in [5.74, 6) is -12.3. The minimum atomic E-state index is -2.30. The molecule has 210 valence electrons. The van der Waals surface area contributed by atoms with Crippen LogP contribution in [0.2, 0.25) is 0 Å². The molecule has 1 aromatic rings. The van der Waals surface area contributed by atoms with E-state index in [1.54, 1.807) is 6.08 Å². The molecule has 0 heterocycles. The minimum Gasteiger partial charge on any atom is -0.452 e. The normalized spacial score (nSPS) is 31.3. The fraction of sp³-hybridized carbons (Fsp3) is 0.630. The van der Waals surface area contributed by atoms with Crippen molar-refractivity contribution < 1.29 is 41.0 Å². The van der Waals surface area contributed by atoms with Crippen LogP contribution in [0.5, 0.6) is 5.75 Å². The quantitative estimate of drug-likeness (QED) is 0.143. The summed E-state index contributed by atoms with van der Waals surface area (Å²) in [6.07, 6.45) is 4.73. The van der Waals surface area contributed by atoms with E-state index in [-0.39, 0.29) is 23.7 Å². The lowest BCUT2D eigenvalue weighted by Crippen LogP contribution is -2.62. The second-order valence-electron chi connectivity index (χ2n) is 10.5. The molecule has 1 aromatic carbocycles. The Morgan fingerprint density at radius 3 is 2.34 bits per heavy atom. The van der Waals surface area contributed by atoms with Gasteiger partial charge in [-0.1, -0.05) is 13.0 Å². The SMILES string of the molecule is C=CC1CC(NCC2CC2)C2(CCC(=O)[C@H](OCC)C2)C(C)[C@@H]1OC(=S)Oc1c(F)c(F)c(F)c(F)c1F. The molecular weight excluding hydrogens is 529 g/mol. The van der Waals surface area contributed by atoms with Gasteiger partial charge in [0.1, 0.15) is 12.2 Å². The maximum Gasteiger partial charge on any atom is 0.358 e. The molecule has 3 saturated carbocycles. The molecule has 11 heteroatoms. The number of carbonyl (C=O) groups is 1. The van der Waals surface area contributed by atoms with E-state index in [0.29, 0.717) is 38.2 Å². The molecule has 0 aromatic heterocycles. The van der Waals surface area contributed by atoms with Crippen molar-refractivity contribution in [2.24, 2.45) is 23.2 Å². The Bertz CT molecular complexity index is 1070. The molecule has 0 aliphatic heterocycles. The number of Topliss-reactive ketones (excluding diaryl/α,β-unsaturated/α-hetero) is 1. The van der Waals surface area contributed by atoms with Gasteiger partial charge >= 0.3 is 5.24 Å². The highest BCUT2D eigenvalue weighted by Crippen LogP contribution is 2.53. The molecule has 0 radical (unpaired) electrons. The highest BCUT2D eigenvalue weighted by Gasteiger charge is 2.56. The molecule has 0 amide bonds. The van der Waals surface area contributed by atoms with Crippen molar-refractivity contribution >= 4 is 23.2 Å². The summed E-state index contributed by atoms with van der Waals surface area (Å²) in [6.45, 7) is 8.94. The highest BCUT2D eigenvalue weighted by atomic mass is 32.1. The van der Waals surface area contributed by atoms with E-state index in [2.05, 4.69) is 11.9 Å². The van der Waals surface area contributed by atoms with Crippen LogP contribution in [-0.2, 0) is 14.3 Å². The van der Waals surface area contributed by atoms with E-state index in [4.69, 9.17) is 26.4 Å². The van der Waals surface area contributed by atoms with Gasteiger partial charge in [-0.25, -0.2) is 13.2 Å². The van der Waals surface area contributed by atoms with E-state index >= 15 is 0 Å². The van der Waals surface area contributed by atoms with E-state index in [1.807, 2.05) is 13.8 Å². The van der Waals surface area contributed by atoms with Crippen molar-refractivity contribution in [2.45, 2.75) is 70.6 Å². The Balaban J connectivity index is 1.60. The van der Waals surface area contributed by atoms with Gasteiger partial charge in [0.15, 0.2) is 5.78 Å². The van der Waals surface area contributed by atoms with Gasteiger partial charge in [0.05, 0.1) is 0 Å². The summed E-state index contributed by atoms with van der Waals surface area (Å²) in [4.78, 5) is 12.6. The second kappa shape index (κ2) is 11.6. The van der Waals surface area contributed by atoms with Crippen LogP contribution in [0.15, 0.2) is 12.7 Å². The molecule has 5 nitrogen and oxygen atoms in total. The van der Waals surface area contributed by atoms with Crippen LogP contribution in [-0.4, -0.2) is 42.4 Å². The van der Waals surface area contributed by atoms with E-state index < -0.39 is 57.7 Å². The maximum atomic E-state index is 14.2. The van der Waals surface area contributed by atoms with Crippen molar-refractivity contribution in [3.8, 4) is 5.75 Å². The smallest absolute Gasteiger partial charge is 0.358 e. The van der Waals surface area contributed by atoms with E-state index in [9.17, 15) is 26.7 Å². The number of halogens is 5. The molecule has 0 saturated heterocycles. The first-order valence-electron chi connectivity index (χ1n) is 12.9. The lowest BCUT2D eigenvalue weighted by atomic mass is 9.53. The predicted octanol–water partition coefficient (Wildman–Crippen LogP) is 5.79. The first-order valence-corrected chi connectivity index (χ1v) is 13.3. The molecule has 3 fully saturated rings. The van der Waals surface area contributed by atoms with Gasteiger partial charge in [-0.2, -0.15) is 8.78 Å². The monoisotopic (exact) mass is 561 g/mol. The third-order valence-electron chi connectivity index (χ3n) is 8.39. The standard InChI is InChI=1S/C27H32F5NO4S/c1-4-15-10-18(33-12-14-6-7-14)27(9-8-16(34)17(11-27)35-5-2)13(3)24(15)36-26(38)37-25-22(31)20(29)19(28)21(30)23(25)32/h4,13-15,17-18,24,33H,1,5-12H2,2-3H3/t13?,15?,17-,18?,24+,27?/m1/s1. The Morgan fingerprint density at radius 1 is 1.13 bits per heavy atom. The molecule has 1 spiro atoms. The number of rotatable bonds is 8. The van der Waals surface area contributed by atoms with E-state index in [1.165, 1.54) is 12.8 Å². The second-order valence-corrected chi connectivity index (χ2v) is 10.8. The molecule has 6 atom stereocenters. The molecule has 3 aliphatic carbocycles. The Labute approximate surface area is 224 Å². The van der Waals surface area contributed by atoms with Crippen molar-refractivity contribution in [2.75, 3.05) is 13.2 Å². The zero-order valence-corrected chi connectivity index (χ0v) is 22.2. The summed E-state index contributed by atoms with van der Waals surface area (Å²) in [6, 6.07) is 0.0154. The first-order chi connectivity index (χ1) is 18.0. The summed E-state index contributed by atoms with van der Waals surface area (Å²) in [7, 11) is 0. The summed E-state index contributed by atoms with van der Waals surface area (Å²) in [5, 5.41) is 2.94. The predicted molar refractivity (Wildman–Crippen MR) is 133 cm³/mol. The van der Waals surface area contributed by atoms with Crippen LogP contribution in [0.4, 0.5) is 22.0 Å². The highest BCUT2D eigenvalue weighted by molar-refractivity contribution is 7.79. The summed E-state index contributed by atoms with van der Waals surface area (Å²) >= 11 is 5.06. The molecular formula is C27H32F5NO4S. The topological polar surface area (TPSA) is 56.8 Å². The number of ether oxygens (including phenoxy) is 3. The number of nitrogens with one attached hydrogen (secondary N) is 1. The first kappa shape index (κ1) is 28.9. The summed E-state index contributed by atoms with van der Waals surface area (Å²) < 4.78 is 85.6. The van der Waals surface area contributed by atoms with Crippen LogP contribution >= 0.6 is 12.2 Å². The average Bonchev–Trinajstić information content (AvgIpc) is 3.73. The van der Waals surface area contributed by atoms with Crippen LogP contribution < -0.4 is 10.1 Å². The largest absolute Gasteiger partial charge is 0.452 e. The fourth-order valence-corrected chi connectivity index (χ4v) is 6.24. The van der Waals surface area contributed by atoms with Crippen molar-refractivity contribution in [3.05, 3.63) is 41.7 Å². The number of ketones is 1. The molecule has 4 rings (SSSR count). The number of carbonyl (C=O) groups excluding carboxylic acids is 1. The fourth-order valence-electron chi connectivity index (χ4n) is 6.05. The van der Waals surface area contributed by atoms with Crippen molar-refractivity contribution in [3.63, 3.8) is 0 Å². The molecule has 38 heavy (non-hydrogen) atoms. The van der Waals surface area contributed by atoms with Gasteiger partial charge in [-0.05, 0) is 56.9 Å². The van der Waals surface area contributed by atoms with Crippen molar-refractivity contribution in [1.29, 1.82) is 0 Å². The Hall–Kier alpha value is -2.11. The number of hydrogen-bond acceptors (Lipinski definition) is 6. The Kier molecular flexibility index (Phi) is 8.78.